The van der Waals surface area contributed by atoms with Crippen LogP contribution in [-0.4, -0.2) is 40.8 Å². The molecule has 2 rings (SSSR count). The average molecular weight is 361 g/mol. The van der Waals surface area contributed by atoms with Crippen LogP contribution in [-0.2, 0) is 19.1 Å². The molecule has 0 aliphatic rings. The summed E-state index contributed by atoms with van der Waals surface area (Å²) in [5, 5.41) is 10.5. The first-order valence-corrected chi connectivity index (χ1v) is 8.86. The van der Waals surface area contributed by atoms with Crippen LogP contribution in [0.4, 0.5) is 0 Å². The van der Waals surface area contributed by atoms with Crippen LogP contribution in [0.25, 0.3) is 10.9 Å². The highest BCUT2D eigenvalue weighted by Gasteiger charge is 2.22. The molecule has 0 fully saturated rings. The van der Waals surface area contributed by atoms with Crippen molar-refractivity contribution in [1.82, 2.24) is 4.98 Å². The number of esters is 1. The Bertz CT molecular complexity index is 744. The zero-order valence-electron chi connectivity index (χ0n) is 15.6. The number of aromatic amines is 1. The smallest absolute Gasteiger partial charge is 0.311 e. The molecule has 0 aliphatic heterocycles. The number of rotatable bonds is 9. The molecule has 1 unspecified atom stereocenters. The van der Waals surface area contributed by atoms with Crippen LogP contribution < -0.4 is 0 Å². The molecule has 0 saturated carbocycles. The van der Waals surface area contributed by atoms with Gasteiger partial charge in [0.2, 0.25) is 0 Å². The van der Waals surface area contributed by atoms with Gasteiger partial charge >= 0.3 is 11.9 Å². The van der Waals surface area contributed by atoms with E-state index in [9.17, 15) is 14.7 Å². The van der Waals surface area contributed by atoms with Gasteiger partial charge < -0.3 is 19.6 Å². The number of ether oxygens (including phenoxy) is 2. The first kappa shape index (κ1) is 20.0. The van der Waals surface area contributed by atoms with Crippen molar-refractivity contribution in [1.29, 1.82) is 0 Å². The molecule has 2 N–H and O–H groups in total. The van der Waals surface area contributed by atoms with Gasteiger partial charge in [0, 0.05) is 36.7 Å². The van der Waals surface area contributed by atoms with Crippen molar-refractivity contribution < 1.29 is 24.2 Å². The maximum atomic E-state index is 11.7. The van der Waals surface area contributed by atoms with E-state index < -0.39 is 17.5 Å². The fourth-order valence-corrected chi connectivity index (χ4v) is 2.81. The summed E-state index contributed by atoms with van der Waals surface area (Å²) in [6.45, 7) is 6.22. The number of carbonyl (C=O) groups is 2. The predicted molar refractivity (Wildman–Crippen MR) is 99.2 cm³/mol. The Kier molecular flexibility index (Phi) is 6.80. The van der Waals surface area contributed by atoms with Crippen molar-refractivity contribution >= 4 is 22.8 Å². The SMILES string of the molecule is CC(C)(C)OC(=O)CCCOCCC(C(=O)O)c1c[nH]c2ccccc12. The maximum Gasteiger partial charge on any atom is 0.311 e. The largest absolute Gasteiger partial charge is 0.481 e. The van der Waals surface area contributed by atoms with Crippen LogP contribution in [0, 0.1) is 0 Å². The van der Waals surface area contributed by atoms with Crippen LogP contribution >= 0.6 is 0 Å². The lowest BCUT2D eigenvalue weighted by atomic mass is 9.96. The number of carboxylic acid groups (broad SMARTS) is 1. The van der Waals surface area contributed by atoms with E-state index in [0.717, 1.165) is 16.5 Å². The Hall–Kier alpha value is -2.34. The molecule has 0 amide bonds. The minimum Gasteiger partial charge on any atom is -0.481 e. The summed E-state index contributed by atoms with van der Waals surface area (Å²) in [5.74, 6) is -1.74. The van der Waals surface area contributed by atoms with Crippen molar-refractivity contribution in [3.8, 4) is 0 Å². The van der Waals surface area contributed by atoms with Crippen molar-refractivity contribution in [3.63, 3.8) is 0 Å². The highest BCUT2D eigenvalue weighted by Crippen LogP contribution is 2.28. The van der Waals surface area contributed by atoms with Crippen LogP contribution in [0.5, 0.6) is 0 Å². The summed E-state index contributed by atoms with van der Waals surface area (Å²) in [5.41, 5.74) is 1.21. The molecule has 6 heteroatoms. The van der Waals surface area contributed by atoms with E-state index in [0.29, 0.717) is 32.5 Å². The fraction of sp³-hybridized carbons (Fsp3) is 0.500. The Balaban J connectivity index is 1.78. The quantitative estimate of drug-likeness (QED) is 0.523. The second-order valence-corrected chi connectivity index (χ2v) is 7.27. The highest BCUT2D eigenvalue weighted by atomic mass is 16.6. The van der Waals surface area contributed by atoms with Crippen molar-refractivity contribution in [3.05, 3.63) is 36.0 Å². The topological polar surface area (TPSA) is 88.6 Å². The third-order valence-electron chi connectivity index (χ3n) is 3.94. The van der Waals surface area contributed by atoms with E-state index in [1.807, 2.05) is 45.0 Å². The van der Waals surface area contributed by atoms with Crippen LogP contribution in [0.15, 0.2) is 30.5 Å². The Morgan fingerprint density at radius 2 is 1.92 bits per heavy atom. The van der Waals surface area contributed by atoms with E-state index in [-0.39, 0.29) is 5.97 Å². The van der Waals surface area contributed by atoms with Crippen LogP contribution in [0.1, 0.15) is 51.5 Å². The molecule has 0 radical (unpaired) electrons. The molecule has 1 aromatic heterocycles. The molecule has 0 saturated heterocycles. The van der Waals surface area contributed by atoms with Gasteiger partial charge in [-0.15, -0.1) is 0 Å². The monoisotopic (exact) mass is 361 g/mol. The number of nitrogens with one attached hydrogen (secondary N) is 1. The van der Waals surface area contributed by atoms with Gasteiger partial charge in [0.1, 0.15) is 5.60 Å². The molecule has 26 heavy (non-hydrogen) atoms. The summed E-state index contributed by atoms with van der Waals surface area (Å²) >= 11 is 0. The zero-order chi connectivity index (χ0) is 19.2. The van der Waals surface area contributed by atoms with E-state index in [1.165, 1.54) is 0 Å². The standard InChI is InChI=1S/C20H27NO5/c1-20(2,3)26-18(22)9-6-11-25-12-10-15(19(23)24)16-13-21-17-8-5-4-7-14(16)17/h4-5,7-8,13,15,21H,6,9-12H2,1-3H3,(H,23,24). The van der Waals surface area contributed by atoms with Crippen molar-refractivity contribution in [2.45, 2.75) is 51.6 Å². The Labute approximate surface area is 153 Å². The number of hydrogen-bond acceptors (Lipinski definition) is 4. The van der Waals surface area contributed by atoms with Crippen molar-refractivity contribution in [2.75, 3.05) is 13.2 Å². The molecule has 6 nitrogen and oxygen atoms in total. The fourth-order valence-electron chi connectivity index (χ4n) is 2.81. The average Bonchev–Trinajstić information content (AvgIpc) is 2.96. The number of H-pyrrole nitrogens is 1. The molecule has 1 heterocycles. The van der Waals surface area contributed by atoms with Gasteiger partial charge in [0.15, 0.2) is 0 Å². The number of carboxylic acids is 1. The Morgan fingerprint density at radius 1 is 1.19 bits per heavy atom. The number of benzene rings is 1. The molecule has 0 aliphatic carbocycles. The molecule has 2 aromatic rings. The maximum absolute atomic E-state index is 11.7. The zero-order valence-corrected chi connectivity index (χ0v) is 15.6. The molecule has 142 valence electrons. The second kappa shape index (κ2) is 8.85. The summed E-state index contributed by atoms with van der Waals surface area (Å²) < 4.78 is 10.8. The molecule has 1 aromatic carbocycles. The molecule has 1 atom stereocenters. The van der Waals surface area contributed by atoms with Gasteiger partial charge in [0.05, 0.1) is 5.92 Å². The Morgan fingerprint density at radius 3 is 2.62 bits per heavy atom. The molecule has 0 spiro atoms. The third kappa shape index (κ3) is 5.88. The van der Waals surface area contributed by atoms with Crippen LogP contribution in [0.2, 0.25) is 0 Å². The number of aliphatic carboxylic acids is 1. The lowest BCUT2D eigenvalue weighted by Gasteiger charge is -2.19. The minimum atomic E-state index is -0.868. The predicted octanol–water partition coefficient (Wildman–Crippen LogP) is 3.86. The van der Waals surface area contributed by atoms with Gasteiger partial charge in [-0.1, -0.05) is 18.2 Å². The number of fused-ring (bicyclic) bond motifs is 1. The number of para-hydroxylation sites is 1. The number of carbonyl (C=O) groups excluding carboxylic acids is 1. The molecular weight excluding hydrogens is 334 g/mol. The third-order valence-corrected chi connectivity index (χ3v) is 3.94. The van der Waals surface area contributed by atoms with Gasteiger partial charge in [-0.2, -0.15) is 0 Å². The van der Waals surface area contributed by atoms with E-state index in [2.05, 4.69) is 4.98 Å². The van der Waals surface area contributed by atoms with Crippen LogP contribution in [0.3, 0.4) is 0 Å². The second-order valence-electron chi connectivity index (χ2n) is 7.27. The first-order valence-electron chi connectivity index (χ1n) is 8.86. The highest BCUT2D eigenvalue weighted by molar-refractivity contribution is 5.89. The summed E-state index contributed by atoms with van der Waals surface area (Å²) in [6, 6.07) is 7.64. The summed E-state index contributed by atoms with van der Waals surface area (Å²) in [4.78, 5) is 26.4. The lowest BCUT2D eigenvalue weighted by molar-refractivity contribution is -0.155. The van der Waals surface area contributed by atoms with Gasteiger partial charge in [0.25, 0.3) is 0 Å². The van der Waals surface area contributed by atoms with Crippen molar-refractivity contribution in [2.24, 2.45) is 0 Å². The number of hydrogen-bond donors (Lipinski definition) is 2. The molecular formula is C20H27NO5. The van der Waals surface area contributed by atoms with E-state index in [4.69, 9.17) is 9.47 Å². The van der Waals surface area contributed by atoms with E-state index in [1.54, 1.807) is 6.20 Å². The van der Waals surface area contributed by atoms with Gasteiger partial charge in [-0.05, 0) is 45.2 Å². The first-order chi connectivity index (χ1) is 12.3. The normalized spacial score (nSPS) is 12.9. The summed E-state index contributed by atoms with van der Waals surface area (Å²) in [6.07, 6.45) is 2.98. The van der Waals surface area contributed by atoms with Gasteiger partial charge in [-0.25, -0.2) is 0 Å². The number of aromatic nitrogens is 1. The van der Waals surface area contributed by atoms with Gasteiger partial charge in [-0.3, -0.25) is 9.59 Å². The minimum absolute atomic E-state index is 0.247. The summed E-state index contributed by atoms with van der Waals surface area (Å²) in [7, 11) is 0. The molecule has 0 bridgehead atoms. The van der Waals surface area contributed by atoms with E-state index >= 15 is 0 Å². The lowest BCUT2D eigenvalue weighted by Crippen LogP contribution is -2.23.